The van der Waals surface area contributed by atoms with Crippen LogP contribution in [0.1, 0.15) is 43.7 Å². The second-order valence-corrected chi connectivity index (χ2v) is 5.86. The van der Waals surface area contributed by atoms with Crippen LogP contribution < -0.4 is 10.6 Å². The van der Waals surface area contributed by atoms with Gasteiger partial charge >= 0.3 is 0 Å². The average Bonchev–Trinajstić information content (AvgIpc) is 3.26. The third-order valence-electron chi connectivity index (χ3n) is 3.77. The van der Waals surface area contributed by atoms with Crippen molar-refractivity contribution in [3.8, 4) is 0 Å². The van der Waals surface area contributed by atoms with E-state index in [2.05, 4.69) is 55.7 Å². The Morgan fingerprint density at radius 2 is 1.95 bits per heavy atom. The van der Waals surface area contributed by atoms with E-state index in [0.29, 0.717) is 5.92 Å². The van der Waals surface area contributed by atoms with Gasteiger partial charge in [0.2, 0.25) is 0 Å². The molecule has 3 nitrogen and oxygen atoms in total. The summed E-state index contributed by atoms with van der Waals surface area (Å²) in [6.45, 7) is 9.26. The van der Waals surface area contributed by atoms with Gasteiger partial charge in [-0.1, -0.05) is 36.8 Å². The van der Waals surface area contributed by atoms with E-state index >= 15 is 0 Å². The van der Waals surface area contributed by atoms with Gasteiger partial charge in [-0.15, -0.1) is 0 Å². The fourth-order valence-electron chi connectivity index (χ4n) is 2.13. The van der Waals surface area contributed by atoms with Crippen LogP contribution in [0, 0.1) is 12.8 Å². The third-order valence-corrected chi connectivity index (χ3v) is 3.77. The summed E-state index contributed by atoms with van der Waals surface area (Å²) in [5.41, 5.74) is 2.67. The predicted molar refractivity (Wildman–Crippen MR) is 86.3 cm³/mol. The van der Waals surface area contributed by atoms with Gasteiger partial charge in [-0.2, -0.15) is 0 Å². The van der Waals surface area contributed by atoms with Crippen molar-refractivity contribution >= 4 is 5.96 Å². The minimum Gasteiger partial charge on any atom is -0.357 e. The number of aryl methyl sites for hydroxylation is 1. The maximum absolute atomic E-state index is 4.71. The molecule has 0 spiro atoms. The van der Waals surface area contributed by atoms with Gasteiger partial charge in [-0.05, 0) is 38.2 Å². The number of benzene rings is 1. The van der Waals surface area contributed by atoms with E-state index in [1.807, 2.05) is 0 Å². The lowest BCUT2D eigenvalue weighted by atomic mass is 10.0. The first-order valence-corrected chi connectivity index (χ1v) is 7.77. The highest BCUT2D eigenvalue weighted by molar-refractivity contribution is 5.79. The van der Waals surface area contributed by atoms with Crippen molar-refractivity contribution in [2.45, 2.75) is 39.5 Å². The van der Waals surface area contributed by atoms with E-state index in [0.717, 1.165) is 31.5 Å². The highest BCUT2D eigenvalue weighted by Crippen LogP contribution is 2.27. The van der Waals surface area contributed by atoms with Crippen LogP contribution in [0.25, 0.3) is 0 Å². The Bertz CT molecular complexity index is 432. The summed E-state index contributed by atoms with van der Waals surface area (Å²) in [7, 11) is 0. The van der Waals surface area contributed by atoms with Gasteiger partial charge in [0.05, 0.1) is 0 Å². The number of hydrogen-bond donors (Lipinski definition) is 2. The number of aliphatic imine (C=N–C) groups is 1. The summed E-state index contributed by atoms with van der Waals surface area (Å²) >= 11 is 0. The Morgan fingerprint density at radius 3 is 2.55 bits per heavy atom. The molecule has 1 fully saturated rings. The normalized spacial score (nSPS) is 16.9. The molecule has 1 aromatic rings. The van der Waals surface area contributed by atoms with Gasteiger partial charge in [0.15, 0.2) is 5.96 Å². The fourth-order valence-corrected chi connectivity index (χ4v) is 2.13. The highest BCUT2D eigenvalue weighted by atomic mass is 15.2. The molecule has 3 heteroatoms. The van der Waals surface area contributed by atoms with Crippen molar-refractivity contribution in [1.29, 1.82) is 0 Å². The van der Waals surface area contributed by atoms with Crippen molar-refractivity contribution in [3.63, 3.8) is 0 Å². The number of nitrogens with zero attached hydrogens (tertiary/aromatic N) is 1. The predicted octanol–water partition coefficient (Wildman–Crippen LogP) is 3.06. The molecule has 0 bridgehead atoms. The largest absolute Gasteiger partial charge is 0.357 e. The summed E-state index contributed by atoms with van der Waals surface area (Å²) in [4.78, 5) is 4.71. The molecule has 0 aliphatic heterocycles. The van der Waals surface area contributed by atoms with E-state index in [1.165, 1.54) is 24.0 Å². The maximum atomic E-state index is 4.71. The van der Waals surface area contributed by atoms with Crippen molar-refractivity contribution < 1.29 is 0 Å². The molecule has 1 atom stereocenters. The Labute approximate surface area is 122 Å². The van der Waals surface area contributed by atoms with Gasteiger partial charge < -0.3 is 10.6 Å². The van der Waals surface area contributed by atoms with E-state index in [-0.39, 0.29) is 0 Å². The molecule has 0 radical (unpaired) electrons. The second kappa shape index (κ2) is 7.32. The van der Waals surface area contributed by atoms with Gasteiger partial charge in [0.25, 0.3) is 0 Å². The molecule has 1 saturated carbocycles. The van der Waals surface area contributed by atoms with E-state index in [4.69, 9.17) is 4.99 Å². The highest BCUT2D eigenvalue weighted by Gasteiger charge is 2.21. The van der Waals surface area contributed by atoms with Crippen LogP contribution in [0.2, 0.25) is 0 Å². The Hall–Kier alpha value is -1.51. The van der Waals surface area contributed by atoms with Crippen molar-refractivity contribution in [3.05, 3.63) is 35.4 Å². The molecule has 0 heterocycles. The standard InChI is InChI=1S/C17H27N3/c1-4-18-17(20-12-15-7-8-15)19-11-14(3)16-9-5-13(2)6-10-16/h5-6,9-10,14-15H,4,7-8,11-12H2,1-3H3,(H2,18,19,20). The molecule has 1 aliphatic rings. The van der Waals surface area contributed by atoms with E-state index in [1.54, 1.807) is 0 Å². The third kappa shape index (κ3) is 4.87. The molecule has 0 aromatic heterocycles. The zero-order valence-electron chi connectivity index (χ0n) is 12.9. The first-order chi connectivity index (χ1) is 9.69. The van der Waals surface area contributed by atoms with Crippen LogP contribution in [0.3, 0.4) is 0 Å². The quantitative estimate of drug-likeness (QED) is 0.617. The molecule has 0 amide bonds. The van der Waals surface area contributed by atoms with Gasteiger partial charge in [0, 0.05) is 25.6 Å². The number of nitrogens with one attached hydrogen (secondary N) is 2. The smallest absolute Gasteiger partial charge is 0.191 e. The molecule has 2 rings (SSSR count). The molecule has 20 heavy (non-hydrogen) atoms. The number of rotatable bonds is 6. The lowest BCUT2D eigenvalue weighted by Gasteiger charge is -2.13. The van der Waals surface area contributed by atoms with Gasteiger partial charge in [0.1, 0.15) is 0 Å². The summed E-state index contributed by atoms with van der Waals surface area (Å²) in [5.74, 6) is 2.28. The molecule has 0 saturated heterocycles. The van der Waals surface area contributed by atoms with Crippen LogP contribution in [0.15, 0.2) is 29.3 Å². The minimum atomic E-state index is 0.451. The summed E-state index contributed by atoms with van der Waals surface area (Å²) in [6.07, 6.45) is 2.73. The molecule has 2 N–H and O–H groups in total. The number of guanidine groups is 1. The monoisotopic (exact) mass is 273 g/mol. The van der Waals surface area contributed by atoms with Crippen LogP contribution >= 0.6 is 0 Å². The summed E-state index contributed by atoms with van der Waals surface area (Å²) in [5, 5.41) is 6.76. The van der Waals surface area contributed by atoms with Gasteiger partial charge in [-0.3, -0.25) is 4.99 Å². The van der Waals surface area contributed by atoms with E-state index < -0.39 is 0 Å². The Morgan fingerprint density at radius 1 is 1.25 bits per heavy atom. The minimum absolute atomic E-state index is 0.451. The maximum Gasteiger partial charge on any atom is 0.191 e. The van der Waals surface area contributed by atoms with Crippen LogP contribution in [-0.2, 0) is 0 Å². The van der Waals surface area contributed by atoms with E-state index in [9.17, 15) is 0 Å². The number of hydrogen-bond acceptors (Lipinski definition) is 1. The zero-order chi connectivity index (χ0) is 14.4. The molecule has 110 valence electrons. The van der Waals surface area contributed by atoms with Crippen LogP contribution in [-0.4, -0.2) is 25.6 Å². The first-order valence-electron chi connectivity index (χ1n) is 7.77. The Balaban J connectivity index is 1.87. The van der Waals surface area contributed by atoms with Crippen molar-refractivity contribution in [1.82, 2.24) is 10.6 Å². The molecular weight excluding hydrogens is 246 g/mol. The molecule has 1 unspecified atom stereocenters. The topological polar surface area (TPSA) is 36.4 Å². The van der Waals surface area contributed by atoms with Crippen LogP contribution in [0.4, 0.5) is 0 Å². The Kier molecular flexibility index (Phi) is 5.45. The van der Waals surface area contributed by atoms with Crippen molar-refractivity contribution in [2.75, 3.05) is 19.6 Å². The summed E-state index contributed by atoms with van der Waals surface area (Å²) < 4.78 is 0. The molecule has 1 aromatic carbocycles. The second-order valence-electron chi connectivity index (χ2n) is 5.86. The SMILES string of the molecule is CCNC(=NCC(C)c1ccc(C)cc1)NCC1CC1. The molecule has 1 aliphatic carbocycles. The van der Waals surface area contributed by atoms with Gasteiger partial charge in [-0.25, -0.2) is 0 Å². The zero-order valence-corrected chi connectivity index (χ0v) is 12.9. The fraction of sp³-hybridized carbons (Fsp3) is 0.588. The summed E-state index contributed by atoms with van der Waals surface area (Å²) in [6, 6.07) is 8.76. The van der Waals surface area contributed by atoms with Crippen LogP contribution in [0.5, 0.6) is 0 Å². The lowest BCUT2D eigenvalue weighted by Crippen LogP contribution is -2.38. The first kappa shape index (κ1) is 14.9. The lowest BCUT2D eigenvalue weighted by molar-refractivity contribution is 0.720. The van der Waals surface area contributed by atoms with Crippen molar-refractivity contribution in [2.24, 2.45) is 10.9 Å². The molecular formula is C17H27N3. The average molecular weight is 273 g/mol.